The molecule has 0 aromatic carbocycles. The summed E-state index contributed by atoms with van der Waals surface area (Å²) in [6, 6.07) is -0.713. The molecule has 316 valence electrons. The standard InChI is InChI=1S/C48H95NO4/c1-3-5-7-9-11-13-15-17-19-20-21-22-23-24-25-26-27-29-30-32-34-36-38-40-42-46(51)45(44-50)49-48(53)47(52)43-41-39-37-35-33-31-28-18-16-14-12-10-8-6-4-2/h28,31,45-47,50-52H,3-27,29-30,32-44H2,1-2H3,(H,49,53)/b31-28-. The summed E-state index contributed by atoms with van der Waals surface area (Å²) >= 11 is 0. The zero-order valence-electron chi connectivity index (χ0n) is 35.9. The van der Waals surface area contributed by atoms with Crippen LogP contribution in [0.2, 0.25) is 0 Å². The number of allylic oxidation sites excluding steroid dienone is 2. The van der Waals surface area contributed by atoms with Crippen LogP contribution >= 0.6 is 0 Å². The minimum absolute atomic E-state index is 0.314. The molecule has 0 spiro atoms. The van der Waals surface area contributed by atoms with Crippen LogP contribution in [0, 0.1) is 0 Å². The zero-order chi connectivity index (χ0) is 38.7. The maximum atomic E-state index is 12.5. The molecule has 0 rings (SSSR count). The molecule has 0 aliphatic carbocycles. The van der Waals surface area contributed by atoms with Gasteiger partial charge in [-0.15, -0.1) is 0 Å². The Kier molecular flexibility index (Phi) is 43.1. The molecule has 0 heterocycles. The maximum absolute atomic E-state index is 12.5. The number of carbonyl (C=O) groups is 1. The fraction of sp³-hybridized carbons (Fsp3) is 0.938. The quantitative estimate of drug-likeness (QED) is 0.0369. The molecule has 0 fully saturated rings. The largest absolute Gasteiger partial charge is 0.394 e. The molecule has 0 aromatic rings. The monoisotopic (exact) mass is 750 g/mol. The number of unbranched alkanes of at least 4 members (excludes halogenated alkanes) is 34. The first-order valence-electron chi connectivity index (χ1n) is 24.0. The second kappa shape index (κ2) is 43.8. The maximum Gasteiger partial charge on any atom is 0.249 e. The van der Waals surface area contributed by atoms with Crippen LogP contribution in [0.3, 0.4) is 0 Å². The summed E-state index contributed by atoms with van der Waals surface area (Å²) in [5, 5.41) is 33.4. The summed E-state index contributed by atoms with van der Waals surface area (Å²) < 4.78 is 0. The van der Waals surface area contributed by atoms with Gasteiger partial charge in [-0.25, -0.2) is 0 Å². The van der Waals surface area contributed by atoms with Crippen LogP contribution in [0.5, 0.6) is 0 Å². The van der Waals surface area contributed by atoms with Crippen LogP contribution < -0.4 is 5.32 Å². The summed E-state index contributed by atoms with van der Waals surface area (Å²) in [5.74, 6) is -0.476. The van der Waals surface area contributed by atoms with Crippen molar-refractivity contribution < 1.29 is 20.1 Å². The van der Waals surface area contributed by atoms with Gasteiger partial charge in [0.15, 0.2) is 0 Å². The van der Waals surface area contributed by atoms with E-state index in [0.29, 0.717) is 12.8 Å². The Morgan fingerprint density at radius 2 is 0.717 bits per heavy atom. The number of rotatable bonds is 44. The molecule has 3 unspecified atom stereocenters. The van der Waals surface area contributed by atoms with Crippen molar-refractivity contribution in [3.05, 3.63) is 12.2 Å². The van der Waals surface area contributed by atoms with Gasteiger partial charge in [-0.3, -0.25) is 4.79 Å². The van der Waals surface area contributed by atoms with Gasteiger partial charge >= 0.3 is 0 Å². The third-order valence-corrected chi connectivity index (χ3v) is 11.4. The van der Waals surface area contributed by atoms with Crippen molar-refractivity contribution in [3.63, 3.8) is 0 Å². The fourth-order valence-corrected chi connectivity index (χ4v) is 7.60. The number of amides is 1. The van der Waals surface area contributed by atoms with Gasteiger partial charge in [-0.2, -0.15) is 0 Å². The van der Waals surface area contributed by atoms with Gasteiger partial charge < -0.3 is 20.6 Å². The van der Waals surface area contributed by atoms with Crippen LogP contribution in [0.4, 0.5) is 0 Å². The Labute approximate surface area is 331 Å². The lowest BCUT2D eigenvalue weighted by Crippen LogP contribution is -2.49. The summed E-state index contributed by atoms with van der Waals surface area (Å²) in [4.78, 5) is 12.5. The van der Waals surface area contributed by atoms with Crippen LogP contribution in [0.15, 0.2) is 12.2 Å². The van der Waals surface area contributed by atoms with Gasteiger partial charge in [-0.05, 0) is 38.5 Å². The molecule has 1 amide bonds. The van der Waals surface area contributed by atoms with Gasteiger partial charge in [0.1, 0.15) is 6.10 Å². The van der Waals surface area contributed by atoms with Crippen molar-refractivity contribution in [2.24, 2.45) is 0 Å². The van der Waals surface area contributed by atoms with Crippen molar-refractivity contribution in [1.82, 2.24) is 5.32 Å². The molecule has 0 aliphatic heterocycles. The summed E-state index contributed by atoms with van der Waals surface area (Å²) in [7, 11) is 0. The van der Waals surface area contributed by atoms with Gasteiger partial charge in [0.25, 0.3) is 0 Å². The van der Waals surface area contributed by atoms with Gasteiger partial charge in [0, 0.05) is 0 Å². The van der Waals surface area contributed by atoms with Crippen LogP contribution in [-0.4, -0.2) is 46.1 Å². The Morgan fingerprint density at radius 1 is 0.434 bits per heavy atom. The smallest absolute Gasteiger partial charge is 0.249 e. The second-order valence-electron chi connectivity index (χ2n) is 16.7. The second-order valence-corrected chi connectivity index (χ2v) is 16.7. The SMILES string of the molecule is CCCCCCCCC/C=C\CCCCCCC(O)C(=O)NC(CO)C(O)CCCCCCCCCCCCCCCCCCCCCCCCCC. The first-order valence-corrected chi connectivity index (χ1v) is 24.0. The van der Waals surface area contributed by atoms with Crippen LogP contribution in [-0.2, 0) is 4.79 Å². The van der Waals surface area contributed by atoms with E-state index in [2.05, 4.69) is 31.3 Å². The average molecular weight is 750 g/mol. The van der Waals surface area contributed by atoms with Gasteiger partial charge in [0.05, 0.1) is 18.8 Å². The van der Waals surface area contributed by atoms with Crippen molar-refractivity contribution in [2.75, 3.05) is 6.61 Å². The normalized spacial score (nSPS) is 13.5. The molecule has 0 saturated heterocycles. The Bertz CT molecular complexity index is 743. The molecule has 5 heteroatoms. The van der Waals surface area contributed by atoms with E-state index in [-0.39, 0.29) is 6.61 Å². The molecule has 0 aliphatic rings. The van der Waals surface area contributed by atoms with E-state index in [1.54, 1.807) is 0 Å². The number of aliphatic hydroxyl groups is 3. The van der Waals surface area contributed by atoms with Crippen molar-refractivity contribution in [3.8, 4) is 0 Å². The van der Waals surface area contributed by atoms with E-state index in [1.165, 1.54) is 193 Å². The average Bonchev–Trinajstić information content (AvgIpc) is 3.16. The molecule has 0 bridgehead atoms. The molecule has 5 nitrogen and oxygen atoms in total. The van der Waals surface area contributed by atoms with Crippen molar-refractivity contribution in [2.45, 2.75) is 283 Å². The predicted molar refractivity (Wildman–Crippen MR) is 232 cm³/mol. The summed E-state index contributed by atoms with van der Waals surface area (Å²) in [6.07, 6.45) is 52.3. The van der Waals surface area contributed by atoms with E-state index < -0.39 is 24.2 Å². The highest BCUT2D eigenvalue weighted by molar-refractivity contribution is 5.80. The van der Waals surface area contributed by atoms with E-state index in [1.807, 2.05) is 0 Å². The molecule has 0 saturated carbocycles. The molecule has 0 radical (unpaired) electrons. The topological polar surface area (TPSA) is 89.8 Å². The van der Waals surface area contributed by atoms with Crippen molar-refractivity contribution in [1.29, 1.82) is 0 Å². The Balaban J connectivity index is 3.56. The molecular formula is C48H95NO4. The molecule has 53 heavy (non-hydrogen) atoms. The Morgan fingerprint density at radius 3 is 1.04 bits per heavy atom. The first kappa shape index (κ1) is 52.1. The van der Waals surface area contributed by atoms with Crippen LogP contribution in [0.1, 0.15) is 264 Å². The first-order chi connectivity index (χ1) is 26.1. The minimum atomic E-state index is -1.08. The highest BCUT2D eigenvalue weighted by Gasteiger charge is 2.23. The highest BCUT2D eigenvalue weighted by atomic mass is 16.3. The predicted octanol–water partition coefficient (Wildman–Crippen LogP) is 14.0. The summed E-state index contributed by atoms with van der Waals surface area (Å²) in [5.41, 5.74) is 0. The van der Waals surface area contributed by atoms with E-state index in [4.69, 9.17) is 0 Å². The van der Waals surface area contributed by atoms with Gasteiger partial charge in [-0.1, -0.05) is 238 Å². The molecule has 3 atom stereocenters. The zero-order valence-corrected chi connectivity index (χ0v) is 35.9. The molecule has 0 aromatic heterocycles. The highest BCUT2D eigenvalue weighted by Crippen LogP contribution is 2.17. The molecule has 4 N–H and O–H groups in total. The van der Waals surface area contributed by atoms with Crippen LogP contribution in [0.25, 0.3) is 0 Å². The minimum Gasteiger partial charge on any atom is -0.394 e. The van der Waals surface area contributed by atoms with E-state index in [9.17, 15) is 20.1 Å². The lowest BCUT2D eigenvalue weighted by Gasteiger charge is -2.23. The Hall–Kier alpha value is -0.910. The third-order valence-electron chi connectivity index (χ3n) is 11.4. The number of hydrogen-bond donors (Lipinski definition) is 4. The number of nitrogens with one attached hydrogen (secondary N) is 1. The molecular weight excluding hydrogens is 655 g/mol. The number of carbonyl (C=O) groups excluding carboxylic acids is 1. The fourth-order valence-electron chi connectivity index (χ4n) is 7.60. The van der Waals surface area contributed by atoms with Crippen molar-refractivity contribution >= 4 is 5.91 Å². The third kappa shape index (κ3) is 39.1. The lowest BCUT2D eigenvalue weighted by atomic mass is 10.0. The number of aliphatic hydroxyl groups excluding tert-OH is 3. The van der Waals surface area contributed by atoms with E-state index >= 15 is 0 Å². The number of hydrogen-bond acceptors (Lipinski definition) is 4. The summed E-state index contributed by atoms with van der Waals surface area (Å²) in [6.45, 7) is 4.24. The lowest BCUT2D eigenvalue weighted by molar-refractivity contribution is -0.131. The van der Waals surface area contributed by atoms with E-state index in [0.717, 1.165) is 44.9 Å². The van der Waals surface area contributed by atoms with Gasteiger partial charge in [0.2, 0.25) is 5.91 Å².